The molecule has 1 N–H and O–H groups in total. The molecule has 3 aromatic carbocycles. The Morgan fingerprint density at radius 2 is 1.41 bits per heavy atom. The van der Waals surface area contributed by atoms with Crippen LogP contribution in [-0.4, -0.2) is 25.2 Å². The number of carbonyl (C=O) groups is 1. The lowest BCUT2D eigenvalue weighted by atomic mass is 10.2. The summed E-state index contributed by atoms with van der Waals surface area (Å²) in [6.07, 6.45) is -0.609. The van der Waals surface area contributed by atoms with E-state index < -0.39 is 6.10 Å². The van der Waals surface area contributed by atoms with E-state index in [0.29, 0.717) is 30.4 Å². The quantitative estimate of drug-likeness (QED) is 0.529. The van der Waals surface area contributed by atoms with Crippen molar-refractivity contribution < 1.29 is 19.0 Å². The third-order valence-corrected chi connectivity index (χ3v) is 4.25. The van der Waals surface area contributed by atoms with E-state index >= 15 is 0 Å². The van der Waals surface area contributed by atoms with Gasteiger partial charge in [-0.2, -0.15) is 0 Å². The molecule has 0 spiro atoms. The van der Waals surface area contributed by atoms with Crippen LogP contribution in [0.4, 0.5) is 5.69 Å². The molecule has 0 aromatic heterocycles. The van der Waals surface area contributed by atoms with Gasteiger partial charge in [-0.05, 0) is 61.9 Å². The summed E-state index contributed by atoms with van der Waals surface area (Å²) in [4.78, 5) is 12.4. The Labute approximate surface area is 171 Å². The monoisotopic (exact) mass is 391 g/mol. The van der Waals surface area contributed by atoms with Crippen molar-refractivity contribution in [1.29, 1.82) is 0 Å². The number of ether oxygens (including phenoxy) is 3. The molecule has 0 heterocycles. The van der Waals surface area contributed by atoms with Crippen LogP contribution < -0.4 is 19.5 Å². The van der Waals surface area contributed by atoms with E-state index in [4.69, 9.17) is 14.2 Å². The summed E-state index contributed by atoms with van der Waals surface area (Å²) in [6, 6.07) is 24.4. The fraction of sp³-hybridized carbons (Fsp3) is 0.208. The van der Waals surface area contributed by atoms with Crippen molar-refractivity contribution in [2.45, 2.75) is 20.0 Å². The van der Waals surface area contributed by atoms with E-state index in [1.807, 2.05) is 73.7 Å². The number of para-hydroxylation sites is 2. The van der Waals surface area contributed by atoms with Gasteiger partial charge in [-0.3, -0.25) is 4.79 Å². The minimum Gasteiger partial charge on any atom is -0.490 e. The smallest absolute Gasteiger partial charge is 0.265 e. The molecule has 29 heavy (non-hydrogen) atoms. The Balaban J connectivity index is 1.43. The molecule has 5 nitrogen and oxygen atoms in total. The molecule has 5 heteroatoms. The van der Waals surface area contributed by atoms with Crippen molar-refractivity contribution in [2.75, 3.05) is 18.5 Å². The predicted molar refractivity (Wildman–Crippen MR) is 114 cm³/mol. The van der Waals surface area contributed by atoms with Crippen molar-refractivity contribution in [3.63, 3.8) is 0 Å². The van der Waals surface area contributed by atoms with Crippen LogP contribution in [0, 0.1) is 6.92 Å². The van der Waals surface area contributed by atoms with E-state index in [1.54, 1.807) is 19.1 Å². The number of rotatable bonds is 9. The van der Waals surface area contributed by atoms with Gasteiger partial charge in [0.25, 0.3) is 5.91 Å². The highest BCUT2D eigenvalue weighted by Gasteiger charge is 2.15. The molecule has 1 atom stereocenters. The Bertz CT molecular complexity index is 910. The molecule has 0 aliphatic heterocycles. The van der Waals surface area contributed by atoms with Gasteiger partial charge in [0.2, 0.25) is 0 Å². The zero-order valence-electron chi connectivity index (χ0n) is 16.6. The number of carbonyl (C=O) groups excluding carboxylic acids is 1. The van der Waals surface area contributed by atoms with Crippen molar-refractivity contribution in [2.24, 2.45) is 0 Å². The van der Waals surface area contributed by atoms with Gasteiger partial charge in [-0.1, -0.05) is 36.4 Å². The standard InChI is InChI=1S/C24H25NO4/c1-18-8-6-7-11-23(18)29-19(2)24(26)25-20-12-14-22(15-13-20)28-17-16-27-21-9-4-3-5-10-21/h3-15,19H,16-17H2,1-2H3,(H,25,26)/t19-/m0/s1. The number of hydrogen-bond donors (Lipinski definition) is 1. The summed E-state index contributed by atoms with van der Waals surface area (Å²) in [5.41, 5.74) is 1.67. The van der Waals surface area contributed by atoms with Crippen LogP contribution in [0.3, 0.4) is 0 Å². The number of aryl methyl sites for hydroxylation is 1. The number of hydrogen-bond acceptors (Lipinski definition) is 4. The van der Waals surface area contributed by atoms with E-state index in [-0.39, 0.29) is 5.91 Å². The second kappa shape index (κ2) is 10.2. The van der Waals surface area contributed by atoms with Crippen molar-refractivity contribution in [1.82, 2.24) is 0 Å². The van der Waals surface area contributed by atoms with Gasteiger partial charge in [0.05, 0.1) is 0 Å². The van der Waals surface area contributed by atoms with Gasteiger partial charge < -0.3 is 19.5 Å². The van der Waals surface area contributed by atoms with Gasteiger partial charge >= 0.3 is 0 Å². The molecule has 0 unspecified atom stereocenters. The number of anilines is 1. The summed E-state index contributed by atoms with van der Waals surface area (Å²) in [5.74, 6) is 2.02. The zero-order valence-corrected chi connectivity index (χ0v) is 16.6. The van der Waals surface area contributed by atoms with Gasteiger partial charge in [0.15, 0.2) is 6.10 Å². The highest BCUT2D eigenvalue weighted by Crippen LogP contribution is 2.19. The Morgan fingerprint density at radius 1 is 0.828 bits per heavy atom. The molecule has 0 saturated heterocycles. The van der Waals surface area contributed by atoms with Gasteiger partial charge in [-0.25, -0.2) is 0 Å². The summed E-state index contributed by atoms with van der Waals surface area (Å²) in [5, 5.41) is 2.85. The maximum absolute atomic E-state index is 12.4. The third-order valence-electron chi connectivity index (χ3n) is 4.25. The fourth-order valence-corrected chi connectivity index (χ4v) is 2.65. The van der Waals surface area contributed by atoms with Crippen molar-refractivity contribution in [3.05, 3.63) is 84.4 Å². The normalized spacial score (nSPS) is 11.4. The topological polar surface area (TPSA) is 56.8 Å². The minimum absolute atomic E-state index is 0.210. The maximum atomic E-state index is 12.4. The largest absolute Gasteiger partial charge is 0.490 e. The fourth-order valence-electron chi connectivity index (χ4n) is 2.65. The molecule has 3 aromatic rings. The number of nitrogens with one attached hydrogen (secondary N) is 1. The first-order chi connectivity index (χ1) is 14.1. The highest BCUT2D eigenvalue weighted by molar-refractivity contribution is 5.94. The van der Waals surface area contributed by atoms with Crippen LogP contribution in [0.25, 0.3) is 0 Å². The predicted octanol–water partition coefficient (Wildman–Crippen LogP) is 4.86. The van der Waals surface area contributed by atoms with Crippen LogP contribution in [-0.2, 0) is 4.79 Å². The molecule has 150 valence electrons. The van der Waals surface area contributed by atoms with Crippen LogP contribution in [0.5, 0.6) is 17.2 Å². The molecule has 3 rings (SSSR count). The van der Waals surface area contributed by atoms with Crippen molar-refractivity contribution >= 4 is 11.6 Å². The van der Waals surface area contributed by atoms with Gasteiger partial charge in [-0.15, -0.1) is 0 Å². The average Bonchev–Trinajstić information content (AvgIpc) is 2.74. The summed E-state index contributed by atoms with van der Waals surface area (Å²) >= 11 is 0. The molecule has 0 aliphatic carbocycles. The zero-order chi connectivity index (χ0) is 20.5. The Hall–Kier alpha value is -3.47. The number of benzene rings is 3. The number of amides is 1. The summed E-state index contributed by atoms with van der Waals surface area (Å²) in [7, 11) is 0. The molecular weight excluding hydrogens is 366 g/mol. The lowest BCUT2D eigenvalue weighted by molar-refractivity contribution is -0.122. The first kappa shape index (κ1) is 20.3. The average molecular weight is 391 g/mol. The summed E-state index contributed by atoms with van der Waals surface area (Å²) < 4.78 is 17.0. The lowest BCUT2D eigenvalue weighted by Crippen LogP contribution is -2.30. The van der Waals surface area contributed by atoms with E-state index in [0.717, 1.165) is 11.3 Å². The van der Waals surface area contributed by atoms with Crippen molar-refractivity contribution in [3.8, 4) is 17.2 Å². The first-order valence-corrected chi connectivity index (χ1v) is 9.55. The van der Waals surface area contributed by atoms with Crippen LogP contribution in [0.15, 0.2) is 78.9 Å². The SMILES string of the molecule is Cc1ccccc1O[C@@H](C)C(=O)Nc1ccc(OCCOc2ccccc2)cc1. The second-order valence-corrected chi connectivity index (χ2v) is 6.55. The van der Waals surface area contributed by atoms with Crippen LogP contribution in [0.2, 0.25) is 0 Å². The van der Waals surface area contributed by atoms with E-state index in [9.17, 15) is 4.79 Å². The maximum Gasteiger partial charge on any atom is 0.265 e. The molecule has 0 bridgehead atoms. The third kappa shape index (κ3) is 6.28. The molecule has 1 amide bonds. The molecule has 0 saturated carbocycles. The Morgan fingerprint density at radius 3 is 2.07 bits per heavy atom. The van der Waals surface area contributed by atoms with Gasteiger partial charge in [0.1, 0.15) is 30.5 Å². The van der Waals surface area contributed by atoms with Gasteiger partial charge in [0, 0.05) is 5.69 Å². The first-order valence-electron chi connectivity index (χ1n) is 9.55. The molecular formula is C24H25NO4. The minimum atomic E-state index is -0.609. The molecule has 0 aliphatic rings. The second-order valence-electron chi connectivity index (χ2n) is 6.55. The summed E-state index contributed by atoms with van der Waals surface area (Å²) in [6.45, 7) is 4.56. The van der Waals surface area contributed by atoms with E-state index in [2.05, 4.69) is 5.32 Å². The van der Waals surface area contributed by atoms with Crippen LogP contribution >= 0.6 is 0 Å². The highest BCUT2D eigenvalue weighted by atomic mass is 16.5. The Kier molecular flexibility index (Phi) is 7.11. The van der Waals surface area contributed by atoms with Crippen LogP contribution in [0.1, 0.15) is 12.5 Å². The van der Waals surface area contributed by atoms with E-state index in [1.165, 1.54) is 0 Å². The molecule has 0 radical (unpaired) electrons. The molecule has 0 fully saturated rings. The lowest BCUT2D eigenvalue weighted by Gasteiger charge is -2.16.